The topological polar surface area (TPSA) is 237 Å². The Hall–Kier alpha value is -1.94. The van der Waals surface area contributed by atoms with Gasteiger partial charge in [-0.05, 0) is 31.6 Å². The molecule has 0 radical (unpaired) electrons. The number of rotatable bonds is 83. The van der Waals surface area contributed by atoms with Crippen LogP contribution in [0.5, 0.6) is 0 Å². The Labute approximate surface area is 626 Å². The Kier molecular flexibility index (Phi) is 74.4. The molecule has 0 aromatic carbocycles. The van der Waals surface area contributed by atoms with Crippen LogP contribution in [0.15, 0.2) is 0 Å². The van der Waals surface area contributed by atoms with Crippen LogP contribution in [-0.4, -0.2) is 96.7 Å². The lowest BCUT2D eigenvalue weighted by atomic mass is 10.0. The van der Waals surface area contributed by atoms with Crippen molar-refractivity contribution in [2.45, 2.75) is 464 Å². The predicted octanol–water partition coefficient (Wildman–Crippen LogP) is 25.2. The first kappa shape index (κ1) is 100. The van der Waals surface area contributed by atoms with Crippen molar-refractivity contribution in [2.24, 2.45) is 5.92 Å². The minimum atomic E-state index is -4.96. The van der Waals surface area contributed by atoms with E-state index in [2.05, 4.69) is 34.6 Å². The summed E-state index contributed by atoms with van der Waals surface area (Å²) in [5.41, 5.74) is 0. The minimum absolute atomic E-state index is 0.107. The maximum Gasteiger partial charge on any atom is 0.472 e. The summed E-state index contributed by atoms with van der Waals surface area (Å²) >= 11 is 0. The van der Waals surface area contributed by atoms with Crippen molar-refractivity contribution in [1.82, 2.24) is 0 Å². The van der Waals surface area contributed by atoms with Crippen LogP contribution in [0, 0.1) is 5.92 Å². The molecule has 0 saturated carbocycles. The summed E-state index contributed by atoms with van der Waals surface area (Å²) in [5.74, 6) is -1.35. The molecule has 0 saturated heterocycles. The molecule has 3 N–H and O–H groups in total. The Bertz CT molecular complexity index is 1940. The van der Waals surface area contributed by atoms with Crippen molar-refractivity contribution in [3.05, 3.63) is 0 Å². The van der Waals surface area contributed by atoms with Gasteiger partial charge in [0.1, 0.15) is 19.3 Å². The highest BCUT2D eigenvalue weighted by atomic mass is 31.2. The van der Waals surface area contributed by atoms with E-state index in [0.717, 1.165) is 95.8 Å². The van der Waals surface area contributed by atoms with E-state index in [9.17, 15) is 43.2 Å². The molecule has 606 valence electrons. The summed E-state index contributed by atoms with van der Waals surface area (Å²) in [6, 6.07) is 0. The van der Waals surface area contributed by atoms with Crippen molar-refractivity contribution in [3.63, 3.8) is 0 Å². The number of carbonyl (C=O) groups is 4. The number of carbonyl (C=O) groups excluding carboxylic acids is 4. The Morgan fingerprint density at radius 2 is 0.451 bits per heavy atom. The van der Waals surface area contributed by atoms with E-state index >= 15 is 0 Å². The van der Waals surface area contributed by atoms with Gasteiger partial charge in [-0.2, -0.15) is 0 Å². The average molecular weight is 1490 g/mol. The molecule has 0 aliphatic rings. The van der Waals surface area contributed by atoms with E-state index in [-0.39, 0.29) is 25.7 Å². The molecule has 0 aromatic heterocycles. The van der Waals surface area contributed by atoms with Crippen LogP contribution in [0.1, 0.15) is 446 Å². The van der Waals surface area contributed by atoms with Gasteiger partial charge < -0.3 is 33.8 Å². The van der Waals surface area contributed by atoms with Crippen molar-refractivity contribution < 1.29 is 80.2 Å². The third kappa shape index (κ3) is 76.3. The first-order valence-corrected chi connectivity index (χ1v) is 46.1. The summed E-state index contributed by atoms with van der Waals surface area (Å²) in [6.07, 6.45) is 67.9. The summed E-state index contributed by atoms with van der Waals surface area (Å²) in [6.45, 7) is 7.34. The van der Waals surface area contributed by atoms with Crippen LogP contribution in [0.4, 0.5) is 0 Å². The predicted molar refractivity (Wildman–Crippen MR) is 418 cm³/mol. The summed E-state index contributed by atoms with van der Waals surface area (Å²) in [7, 11) is -9.92. The molecule has 0 heterocycles. The van der Waals surface area contributed by atoms with Crippen LogP contribution in [0.25, 0.3) is 0 Å². The molecular weight excluding hydrogens is 1330 g/mol. The Morgan fingerprint density at radius 1 is 0.265 bits per heavy atom. The fourth-order valence-electron chi connectivity index (χ4n) is 12.9. The maximum atomic E-state index is 13.1. The highest BCUT2D eigenvalue weighted by Crippen LogP contribution is 2.45. The van der Waals surface area contributed by atoms with Crippen molar-refractivity contribution >= 4 is 39.5 Å². The van der Waals surface area contributed by atoms with E-state index < -0.39 is 97.5 Å². The normalized spacial score (nSPS) is 13.8. The number of aliphatic hydroxyl groups excluding tert-OH is 1. The van der Waals surface area contributed by atoms with Crippen LogP contribution < -0.4 is 0 Å². The first-order valence-electron chi connectivity index (χ1n) is 43.1. The van der Waals surface area contributed by atoms with Crippen molar-refractivity contribution in [1.29, 1.82) is 0 Å². The zero-order chi connectivity index (χ0) is 74.8. The number of phosphoric ester groups is 2. The summed E-state index contributed by atoms with van der Waals surface area (Å²) in [4.78, 5) is 73.1. The van der Waals surface area contributed by atoms with Crippen molar-refractivity contribution in [3.8, 4) is 0 Å². The zero-order valence-electron chi connectivity index (χ0n) is 66.8. The molecule has 19 heteroatoms. The number of esters is 4. The highest BCUT2D eigenvalue weighted by Gasteiger charge is 2.30. The van der Waals surface area contributed by atoms with Gasteiger partial charge in [-0.1, -0.05) is 394 Å². The van der Waals surface area contributed by atoms with E-state index in [1.54, 1.807) is 0 Å². The van der Waals surface area contributed by atoms with E-state index in [1.165, 1.54) is 270 Å². The molecule has 0 rings (SSSR count). The summed E-state index contributed by atoms with van der Waals surface area (Å²) < 4.78 is 68.8. The number of aliphatic hydroxyl groups is 1. The standard InChI is InChI=1S/C83H162O17P2/c1-6-9-12-15-18-21-24-27-29-31-32-34-36-39-42-48-53-58-63-68-82(87)99-78(72-94-81(86)67-62-57-52-47-41-38-35-33-30-28-25-22-19-16-13-10-7-2)74-97-101(89,90)95-70-77(84)71-96-102(91,92)98-75-79(100-83(88)69-64-59-54-49-44-43-45-50-55-60-65-76(4)5)73-93-80(85)66-61-56-51-46-40-37-26-23-20-17-14-11-8-3/h76-79,84H,6-75H2,1-5H3,(H,89,90)(H,91,92)/t77-,78-,79-/m1/s1. The molecule has 0 bridgehead atoms. The SMILES string of the molecule is CCCCCCCCCCCCCCCCCCCCCC(=O)O[C@H](COC(=O)CCCCCCCCCCCCCCCCCCC)COP(=O)(O)OC[C@@H](O)COP(=O)(O)OC[C@@H](COC(=O)CCCCCCCCCCCCCCC)OC(=O)CCCCCCCCCCCCC(C)C. The molecule has 0 fully saturated rings. The fourth-order valence-corrected chi connectivity index (χ4v) is 14.5. The molecule has 0 aliphatic heterocycles. The maximum absolute atomic E-state index is 13.1. The smallest absolute Gasteiger partial charge is 0.462 e. The van der Waals surface area contributed by atoms with Crippen LogP contribution in [0.2, 0.25) is 0 Å². The van der Waals surface area contributed by atoms with Crippen LogP contribution in [0.3, 0.4) is 0 Å². The van der Waals surface area contributed by atoms with E-state index in [0.29, 0.717) is 25.7 Å². The summed E-state index contributed by atoms with van der Waals surface area (Å²) in [5, 5.41) is 10.7. The number of hydrogen-bond acceptors (Lipinski definition) is 15. The molecule has 2 unspecified atom stereocenters. The molecule has 0 aliphatic carbocycles. The van der Waals surface area contributed by atoms with Gasteiger partial charge in [-0.3, -0.25) is 37.3 Å². The quantitative estimate of drug-likeness (QED) is 0.0222. The number of phosphoric acid groups is 2. The van der Waals surface area contributed by atoms with Gasteiger partial charge in [0.25, 0.3) is 0 Å². The van der Waals surface area contributed by atoms with Gasteiger partial charge in [0.05, 0.1) is 26.4 Å². The second-order valence-electron chi connectivity index (χ2n) is 30.3. The Morgan fingerprint density at radius 3 is 0.667 bits per heavy atom. The molecule has 0 spiro atoms. The van der Waals surface area contributed by atoms with Gasteiger partial charge in [0, 0.05) is 25.7 Å². The largest absolute Gasteiger partial charge is 0.472 e. The van der Waals surface area contributed by atoms with Gasteiger partial charge in [0.2, 0.25) is 0 Å². The van der Waals surface area contributed by atoms with Gasteiger partial charge in [-0.25, -0.2) is 9.13 Å². The van der Waals surface area contributed by atoms with Gasteiger partial charge >= 0.3 is 39.5 Å². The molecule has 5 atom stereocenters. The fraction of sp³-hybridized carbons (Fsp3) is 0.952. The lowest BCUT2D eigenvalue weighted by Crippen LogP contribution is -2.30. The third-order valence-electron chi connectivity index (χ3n) is 19.5. The lowest BCUT2D eigenvalue weighted by molar-refractivity contribution is -0.161. The van der Waals surface area contributed by atoms with Gasteiger partial charge in [-0.15, -0.1) is 0 Å². The van der Waals surface area contributed by atoms with Crippen molar-refractivity contribution in [2.75, 3.05) is 39.6 Å². The van der Waals surface area contributed by atoms with Crippen LogP contribution in [-0.2, 0) is 65.4 Å². The van der Waals surface area contributed by atoms with E-state index in [4.69, 9.17) is 37.0 Å². The lowest BCUT2D eigenvalue weighted by Gasteiger charge is -2.21. The second kappa shape index (κ2) is 75.9. The second-order valence-corrected chi connectivity index (χ2v) is 33.3. The monoisotopic (exact) mass is 1490 g/mol. The number of ether oxygens (including phenoxy) is 4. The first-order chi connectivity index (χ1) is 49.5. The zero-order valence-corrected chi connectivity index (χ0v) is 68.5. The Balaban J connectivity index is 5.25. The molecule has 0 amide bonds. The van der Waals surface area contributed by atoms with Crippen LogP contribution >= 0.6 is 15.6 Å². The molecular formula is C83H162O17P2. The highest BCUT2D eigenvalue weighted by molar-refractivity contribution is 7.47. The minimum Gasteiger partial charge on any atom is -0.462 e. The molecule has 102 heavy (non-hydrogen) atoms. The number of unbranched alkanes of at least 4 members (excludes halogenated alkanes) is 55. The molecule has 0 aromatic rings. The average Bonchev–Trinajstić information content (AvgIpc) is 0.930. The van der Waals surface area contributed by atoms with Gasteiger partial charge in [0.15, 0.2) is 12.2 Å². The third-order valence-corrected chi connectivity index (χ3v) is 21.4. The molecule has 17 nitrogen and oxygen atoms in total. The van der Waals surface area contributed by atoms with E-state index in [1.807, 2.05) is 0 Å². The number of hydrogen-bond donors (Lipinski definition) is 3.